The van der Waals surface area contributed by atoms with Crippen LogP contribution in [0.1, 0.15) is 12.5 Å². The van der Waals surface area contributed by atoms with Gasteiger partial charge in [-0.2, -0.15) is 0 Å². The number of rotatable bonds is 2. The van der Waals surface area contributed by atoms with Crippen molar-refractivity contribution < 1.29 is 18.3 Å². The van der Waals surface area contributed by atoms with Gasteiger partial charge < -0.3 is 14.5 Å². The fourth-order valence-electron chi connectivity index (χ4n) is 2.12. The molecule has 0 bridgehead atoms. The summed E-state index contributed by atoms with van der Waals surface area (Å²) in [7, 11) is 0. The van der Waals surface area contributed by atoms with Crippen LogP contribution in [0, 0.1) is 0 Å². The number of alkyl halides is 2. The van der Waals surface area contributed by atoms with Gasteiger partial charge in [-0.15, -0.1) is 8.78 Å². The van der Waals surface area contributed by atoms with Crippen molar-refractivity contribution in [3.63, 3.8) is 0 Å². The fourth-order valence-corrected chi connectivity index (χ4v) is 2.12. The van der Waals surface area contributed by atoms with E-state index in [2.05, 4.69) is 14.5 Å². The number of benzene rings is 1. The van der Waals surface area contributed by atoms with Crippen LogP contribution in [-0.2, 0) is 6.42 Å². The number of nitrogens with one attached hydrogen (secondary N) is 1. The average molecular weight is 251 g/mol. The number of hydrogen-bond acceptors (Lipinski definition) is 2. The molecular formula is C13H11F2NO2. The van der Waals surface area contributed by atoms with Gasteiger partial charge in [-0.05, 0) is 18.1 Å². The zero-order valence-electron chi connectivity index (χ0n) is 9.67. The fraction of sp³-hybridized carbons (Fsp3) is 0.231. The number of fused-ring (bicyclic) bond motifs is 1. The number of hydrogen-bond donors (Lipinski definition) is 1. The lowest BCUT2D eigenvalue weighted by Gasteiger charge is -2.07. The van der Waals surface area contributed by atoms with E-state index in [1.807, 2.05) is 13.1 Å². The van der Waals surface area contributed by atoms with Crippen molar-refractivity contribution in [2.24, 2.45) is 0 Å². The maximum Gasteiger partial charge on any atom is 0.586 e. The molecule has 0 aliphatic carbocycles. The number of ether oxygens (including phenoxy) is 2. The first kappa shape index (κ1) is 11.1. The van der Waals surface area contributed by atoms with E-state index in [0.717, 1.165) is 17.5 Å². The highest BCUT2D eigenvalue weighted by Gasteiger charge is 2.44. The van der Waals surface area contributed by atoms with E-state index in [1.165, 1.54) is 6.07 Å². The maximum atomic E-state index is 13.1. The summed E-state index contributed by atoms with van der Waals surface area (Å²) >= 11 is 0. The van der Waals surface area contributed by atoms with Gasteiger partial charge in [0.25, 0.3) is 0 Å². The Balaban J connectivity index is 2.14. The van der Waals surface area contributed by atoms with E-state index in [-0.39, 0.29) is 11.5 Å². The van der Waals surface area contributed by atoms with Crippen molar-refractivity contribution in [1.82, 2.24) is 4.98 Å². The Kier molecular flexibility index (Phi) is 2.29. The molecule has 1 aliphatic heterocycles. The molecule has 1 aliphatic rings. The maximum absolute atomic E-state index is 13.1. The van der Waals surface area contributed by atoms with Gasteiger partial charge in [0.2, 0.25) is 0 Å². The minimum atomic E-state index is -3.58. The lowest BCUT2D eigenvalue weighted by Crippen LogP contribution is -2.26. The summed E-state index contributed by atoms with van der Waals surface area (Å²) in [4.78, 5) is 2.98. The number of aryl methyl sites for hydroxylation is 1. The van der Waals surface area contributed by atoms with Crippen molar-refractivity contribution in [3.8, 4) is 22.6 Å². The molecule has 2 aromatic rings. The van der Waals surface area contributed by atoms with Crippen LogP contribution in [0.3, 0.4) is 0 Å². The Hall–Kier alpha value is -2.04. The second kappa shape index (κ2) is 3.73. The Labute approximate surface area is 102 Å². The SMILES string of the molecule is CCc1c[nH]cc1-c1cccc2c1OC(F)(F)O2. The van der Waals surface area contributed by atoms with E-state index in [1.54, 1.807) is 18.3 Å². The number of halogens is 2. The van der Waals surface area contributed by atoms with E-state index in [9.17, 15) is 8.78 Å². The van der Waals surface area contributed by atoms with Gasteiger partial charge in [-0.1, -0.05) is 19.1 Å². The van der Waals surface area contributed by atoms with Gasteiger partial charge >= 0.3 is 6.29 Å². The molecule has 18 heavy (non-hydrogen) atoms. The lowest BCUT2D eigenvalue weighted by atomic mass is 10.0. The van der Waals surface area contributed by atoms with Crippen LogP contribution in [0.25, 0.3) is 11.1 Å². The summed E-state index contributed by atoms with van der Waals surface area (Å²) < 4.78 is 35.2. The molecule has 0 radical (unpaired) electrons. The minimum absolute atomic E-state index is 0.0701. The molecule has 1 N–H and O–H groups in total. The predicted molar refractivity (Wildman–Crippen MR) is 61.8 cm³/mol. The highest BCUT2D eigenvalue weighted by molar-refractivity contribution is 5.76. The van der Waals surface area contributed by atoms with E-state index in [4.69, 9.17) is 0 Å². The van der Waals surface area contributed by atoms with Gasteiger partial charge in [0, 0.05) is 23.5 Å². The highest BCUT2D eigenvalue weighted by atomic mass is 19.3. The van der Waals surface area contributed by atoms with Gasteiger partial charge in [0.1, 0.15) is 0 Å². The van der Waals surface area contributed by atoms with Crippen molar-refractivity contribution >= 4 is 0 Å². The monoisotopic (exact) mass is 251 g/mol. The third-order valence-corrected chi connectivity index (χ3v) is 2.93. The summed E-state index contributed by atoms with van der Waals surface area (Å²) in [5.41, 5.74) is 2.51. The predicted octanol–water partition coefficient (Wildman–Crippen LogP) is 3.57. The molecule has 0 fully saturated rings. The van der Waals surface area contributed by atoms with Crippen LogP contribution in [0.4, 0.5) is 8.78 Å². The molecule has 0 saturated heterocycles. The Bertz CT molecular complexity index is 592. The molecule has 1 aromatic carbocycles. The van der Waals surface area contributed by atoms with E-state index < -0.39 is 6.29 Å². The summed E-state index contributed by atoms with van der Waals surface area (Å²) in [5, 5.41) is 0. The third kappa shape index (κ3) is 1.63. The molecule has 0 spiro atoms. The van der Waals surface area contributed by atoms with Crippen LogP contribution in [0.15, 0.2) is 30.6 Å². The first-order chi connectivity index (χ1) is 8.61. The average Bonchev–Trinajstić information content (AvgIpc) is 2.89. The zero-order chi connectivity index (χ0) is 12.8. The van der Waals surface area contributed by atoms with E-state index >= 15 is 0 Å². The standard InChI is InChI=1S/C13H11F2NO2/c1-2-8-6-16-7-10(8)9-4-3-5-11-12(9)18-13(14,15)17-11/h3-7,16H,2H2,1H3. The Morgan fingerprint density at radius 2 is 2.00 bits per heavy atom. The Morgan fingerprint density at radius 3 is 2.78 bits per heavy atom. The van der Waals surface area contributed by atoms with Gasteiger partial charge in [0.15, 0.2) is 11.5 Å². The third-order valence-electron chi connectivity index (χ3n) is 2.93. The van der Waals surface area contributed by atoms with Crippen molar-refractivity contribution in [2.45, 2.75) is 19.6 Å². The van der Waals surface area contributed by atoms with Crippen molar-refractivity contribution in [1.29, 1.82) is 0 Å². The van der Waals surface area contributed by atoms with Gasteiger partial charge in [-0.3, -0.25) is 0 Å². The molecule has 0 saturated carbocycles. The second-order valence-corrected chi connectivity index (χ2v) is 4.05. The van der Waals surface area contributed by atoms with Crippen LogP contribution >= 0.6 is 0 Å². The van der Waals surface area contributed by atoms with Gasteiger partial charge in [-0.25, -0.2) is 0 Å². The number of para-hydroxylation sites is 1. The zero-order valence-corrected chi connectivity index (χ0v) is 9.67. The van der Waals surface area contributed by atoms with Crippen LogP contribution < -0.4 is 9.47 Å². The second-order valence-electron chi connectivity index (χ2n) is 4.05. The number of H-pyrrole nitrogens is 1. The molecule has 1 aromatic heterocycles. The molecule has 3 nitrogen and oxygen atoms in total. The summed E-state index contributed by atoms with van der Waals surface area (Å²) in [5.74, 6) is 0.164. The molecular weight excluding hydrogens is 240 g/mol. The molecule has 3 rings (SSSR count). The summed E-state index contributed by atoms with van der Waals surface area (Å²) in [6, 6.07) is 4.88. The van der Waals surface area contributed by atoms with Gasteiger partial charge in [0.05, 0.1) is 0 Å². The largest absolute Gasteiger partial charge is 0.586 e. The number of aromatic amines is 1. The van der Waals surface area contributed by atoms with Crippen molar-refractivity contribution in [3.05, 3.63) is 36.2 Å². The molecule has 0 amide bonds. The molecule has 5 heteroatoms. The quantitative estimate of drug-likeness (QED) is 0.885. The normalized spacial score (nSPS) is 15.9. The van der Waals surface area contributed by atoms with Crippen LogP contribution in [-0.4, -0.2) is 11.3 Å². The first-order valence-corrected chi connectivity index (χ1v) is 5.65. The van der Waals surface area contributed by atoms with Crippen LogP contribution in [0.2, 0.25) is 0 Å². The topological polar surface area (TPSA) is 34.2 Å². The molecule has 0 atom stereocenters. The minimum Gasteiger partial charge on any atom is -0.395 e. The molecule has 94 valence electrons. The van der Waals surface area contributed by atoms with Crippen molar-refractivity contribution in [2.75, 3.05) is 0 Å². The number of aromatic nitrogens is 1. The lowest BCUT2D eigenvalue weighted by molar-refractivity contribution is -0.286. The molecule has 0 unspecified atom stereocenters. The summed E-state index contributed by atoms with van der Waals surface area (Å²) in [6.45, 7) is 2.00. The van der Waals surface area contributed by atoms with Crippen LogP contribution in [0.5, 0.6) is 11.5 Å². The highest BCUT2D eigenvalue weighted by Crippen LogP contribution is 2.47. The van der Waals surface area contributed by atoms with E-state index in [0.29, 0.717) is 5.56 Å². The summed E-state index contributed by atoms with van der Waals surface area (Å²) in [6.07, 6.45) is 0.845. The smallest absolute Gasteiger partial charge is 0.395 e. The first-order valence-electron chi connectivity index (χ1n) is 5.65. The Morgan fingerprint density at radius 1 is 1.17 bits per heavy atom. The molecule has 2 heterocycles.